The Kier molecular flexibility index (Phi) is 7.19. The third kappa shape index (κ3) is 5.24. The quantitative estimate of drug-likeness (QED) is 0.371. The molecule has 1 saturated heterocycles. The molecule has 2 heterocycles. The SMILES string of the molecule is C=N/C(=C\C(=C/C)C(=O)Nc1ccc(C)c(-c2cnc(N3CCNCC3)c(C#N)c2)c1)C1CC1. The molecule has 1 aliphatic carbocycles. The summed E-state index contributed by atoms with van der Waals surface area (Å²) in [7, 11) is 0. The van der Waals surface area contributed by atoms with Gasteiger partial charge in [0.15, 0.2) is 0 Å². The first-order valence-electron chi connectivity index (χ1n) is 11.7. The van der Waals surface area contributed by atoms with Crippen molar-refractivity contribution in [1.29, 1.82) is 5.26 Å². The molecular formula is C27H30N6O. The minimum Gasteiger partial charge on any atom is -0.353 e. The molecule has 2 aliphatic rings. The van der Waals surface area contributed by atoms with Crippen LogP contribution in [0.1, 0.15) is 30.9 Å². The van der Waals surface area contributed by atoms with Crippen LogP contribution < -0.4 is 15.5 Å². The summed E-state index contributed by atoms with van der Waals surface area (Å²) in [6.07, 6.45) is 7.61. The summed E-state index contributed by atoms with van der Waals surface area (Å²) in [5, 5.41) is 16.1. The van der Waals surface area contributed by atoms with Crippen molar-refractivity contribution in [3.05, 3.63) is 65.0 Å². The molecular weight excluding hydrogens is 424 g/mol. The molecule has 1 aromatic heterocycles. The third-order valence-corrected chi connectivity index (χ3v) is 6.26. The third-order valence-electron chi connectivity index (χ3n) is 6.26. The Morgan fingerprint density at radius 1 is 1.32 bits per heavy atom. The number of rotatable bonds is 7. The van der Waals surface area contributed by atoms with Crippen molar-refractivity contribution in [3.63, 3.8) is 0 Å². The summed E-state index contributed by atoms with van der Waals surface area (Å²) in [6, 6.07) is 9.97. The highest BCUT2D eigenvalue weighted by Crippen LogP contribution is 2.37. The molecule has 1 aliphatic heterocycles. The molecule has 7 heteroatoms. The molecule has 0 radical (unpaired) electrons. The summed E-state index contributed by atoms with van der Waals surface area (Å²) in [5.74, 6) is 0.947. The average molecular weight is 455 g/mol. The Morgan fingerprint density at radius 2 is 2.09 bits per heavy atom. The highest BCUT2D eigenvalue weighted by Gasteiger charge is 2.26. The van der Waals surface area contributed by atoms with Gasteiger partial charge in [0, 0.05) is 60.8 Å². The van der Waals surface area contributed by atoms with Crippen molar-refractivity contribution in [2.45, 2.75) is 26.7 Å². The van der Waals surface area contributed by atoms with Crippen LogP contribution in [0.3, 0.4) is 0 Å². The lowest BCUT2D eigenvalue weighted by molar-refractivity contribution is -0.112. The second kappa shape index (κ2) is 10.4. The number of amides is 1. The Bertz CT molecular complexity index is 1200. The van der Waals surface area contributed by atoms with Gasteiger partial charge in [0.2, 0.25) is 0 Å². The molecule has 0 spiro atoms. The normalized spacial score (nSPS) is 16.7. The van der Waals surface area contributed by atoms with E-state index in [9.17, 15) is 10.1 Å². The topological polar surface area (TPSA) is 93.4 Å². The Morgan fingerprint density at radius 3 is 2.74 bits per heavy atom. The molecule has 0 atom stereocenters. The summed E-state index contributed by atoms with van der Waals surface area (Å²) in [5.41, 5.74) is 5.48. The van der Waals surface area contributed by atoms with Gasteiger partial charge in [-0.3, -0.25) is 9.79 Å². The first-order chi connectivity index (χ1) is 16.5. The van der Waals surface area contributed by atoms with Gasteiger partial charge in [-0.15, -0.1) is 0 Å². The van der Waals surface area contributed by atoms with Gasteiger partial charge in [0.25, 0.3) is 5.91 Å². The molecule has 2 N–H and O–H groups in total. The van der Waals surface area contributed by atoms with Gasteiger partial charge < -0.3 is 15.5 Å². The minimum atomic E-state index is -0.191. The summed E-state index contributed by atoms with van der Waals surface area (Å²) >= 11 is 0. The number of pyridine rings is 1. The number of aromatic nitrogens is 1. The van der Waals surface area contributed by atoms with Gasteiger partial charge >= 0.3 is 0 Å². The van der Waals surface area contributed by atoms with Crippen molar-refractivity contribution in [3.8, 4) is 17.2 Å². The number of benzene rings is 1. The van der Waals surface area contributed by atoms with Crippen molar-refractivity contribution < 1.29 is 4.79 Å². The molecule has 34 heavy (non-hydrogen) atoms. The van der Waals surface area contributed by atoms with Gasteiger partial charge in [0.05, 0.1) is 5.56 Å². The number of nitrogens with zero attached hydrogens (tertiary/aromatic N) is 4. The first-order valence-corrected chi connectivity index (χ1v) is 11.7. The Balaban J connectivity index is 1.58. The molecule has 7 nitrogen and oxygen atoms in total. The fraction of sp³-hybridized carbons (Fsp3) is 0.333. The molecule has 1 amide bonds. The number of hydrogen-bond donors (Lipinski definition) is 2. The van der Waals surface area contributed by atoms with E-state index in [1.165, 1.54) is 0 Å². The van der Waals surface area contributed by atoms with Gasteiger partial charge in [0.1, 0.15) is 11.9 Å². The van der Waals surface area contributed by atoms with E-state index >= 15 is 0 Å². The smallest absolute Gasteiger partial charge is 0.255 e. The molecule has 1 aromatic carbocycles. The lowest BCUT2D eigenvalue weighted by Crippen LogP contribution is -2.44. The van der Waals surface area contributed by atoms with Gasteiger partial charge in [-0.1, -0.05) is 12.1 Å². The number of piperazine rings is 1. The second-order valence-corrected chi connectivity index (χ2v) is 8.67. The van der Waals surface area contributed by atoms with E-state index in [0.29, 0.717) is 22.7 Å². The number of carbonyl (C=O) groups excluding carboxylic acids is 1. The van der Waals surface area contributed by atoms with E-state index in [2.05, 4.69) is 38.3 Å². The number of aliphatic imine (C=N–C) groups is 1. The van der Waals surface area contributed by atoms with Gasteiger partial charge in [-0.05, 0) is 68.8 Å². The van der Waals surface area contributed by atoms with Crippen molar-refractivity contribution in [2.24, 2.45) is 10.9 Å². The zero-order valence-electron chi connectivity index (χ0n) is 19.8. The van der Waals surface area contributed by atoms with Gasteiger partial charge in [-0.2, -0.15) is 5.26 Å². The maximum Gasteiger partial charge on any atom is 0.255 e. The largest absolute Gasteiger partial charge is 0.353 e. The fourth-order valence-corrected chi connectivity index (χ4v) is 4.14. The monoisotopic (exact) mass is 454 g/mol. The lowest BCUT2D eigenvalue weighted by Gasteiger charge is -2.29. The summed E-state index contributed by atoms with van der Waals surface area (Å²) < 4.78 is 0. The van der Waals surface area contributed by atoms with Crippen LogP contribution in [0.25, 0.3) is 11.1 Å². The maximum absolute atomic E-state index is 12.9. The minimum absolute atomic E-state index is 0.191. The van der Waals surface area contributed by atoms with E-state index < -0.39 is 0 Å². The van der Waals surface area contributed by atoms with E-state index in [1.807, 2.05) is 50.4 Å². The van der Waals surface area contributed by atoms with Crippen LogP contribution in [0.5, 0.6) is 0 Å². The van der Waals surface area contributed by atoms with E-state index in [1.54, 1.807) is 6.08 Å². The average Bonchev–Trinajstić information content (AvgIpc) is 3.71. The number of carbonyl (C=O) groups is 1. The fourth-order valence-electron chi connectivity index (χ4n) is 4.14. The Labute approximate surface area is 200 Å². The predicted octanol–water partition coefficient (Wildman–Crippen LogP) is 4.22. The lowest BCUT2D eigenvalue weighted by atomic mass is 9.99. The Hall–Kier alpha value is -3.76. The maximum atomic E-state index is 12.9. The molecule has 1 saturated carbocycles. The molecule has 2 aromatic rings. The van der Waals surface area contributed by atoms with Gasteiger partial charge in [-0.25, -0.2) is 4.98 Å². The second-order valence-electron chi connectivity index (χ2n) is 8.67. The van der Waals surface area contributed by atoms with E-state index in [-0.39, 0.29) is 5.91 Å². The number of nitriles is 1. The number of allylic oxidation sites excluding steroid dienone is 2. The van der Waals surface area contributed by atoms with Crippen LogP contribution >= 0.6 is 0 Å². The predicted molar refractivity (Wildman–Crippen MR) is 137 cm³/mol. The highest BCUT2D eigenvalue weighted by atomic mass is 16.1. The van der Waals surface area contributed by atoms with E-state index in [0.717, 1.165) is 67.2 Å². The van der Waals surface area contributed by atoms with Crippen molar-refractivity contribution in [2.75, 3.05) is 36.4 Å². The first kappa shape index (κ1) is 23.4. The number of aryl methyl sites for hydroxylation is 1. The van der Waals surface area contributed by atoms with Crippen LogP contribution in [0.4, 0.5) is 11.5 Å². The molecule has 0 bridgehead atoms. The highest BCUT2D eigenvalue weighted by molar-refractivity contribution is 6.06. The van der Waals surface area contributed by atoms with Crippen LogP contribution in [0.15, 0.2) is 58.9 Å². The zero-order valence-corrected chi connectivity index (χ0v) is 19.8. The van der Waals surface area contributed by atoms with Crippen molar-refractivity contribution >= 4 is 24.1 Å². The number of hydrogen-bond acceptors (Lipinski definition) is 6. The standard InChI is InChI=1S/C27H30N6O/c1-4-19(14-25(29-3)20-6-7-20)27(34)32-23-8-5-18(2)24(15-23)22-13-21(16-28)26(31-17-22)33-11-9-30-10-12-33/h4-5,8,13-15,17,20,30H,3,6-7,9-12H2,1-2H3,(H,32,34)/b19-4+,25-14-. The summed E-state index contributed by atoms with van der Waals surface area (Å²) in [6.45, 7) is 10.9. The summed E-state index contributed by atoms with van der Waals surface area (Å²) in [4.78, 5) is 23.8. The number of nitrogens with one attached hydrogen (secondary N) is 2. The van der Waals surface area contributed by atoms with Crippen molar-refractivity contribution in [1.82, 2.24) is 10.3 Å². The van der Waals surface area contributed by atoms with Crippen LogP contribution in [0, 0.1) is 24.2 Å². The van der Waals surface area contributed by atoms with Crippen LogP contribution in [-0.4, -0.2) is 43.8 Å². The van der Waals surface area contributed by atoms with E-state index in [4.69, 9.17) is 0 Å². The molecule has 0 unspecified atom stereocenters. The molecule has 174 valence electrons. The molecule has 4 rings (SSSR count). The number of anilines is 2. The van der Waals surface area contributed by atoms with Crippen LogP contribution in [-0.2, 0) is 4.79 Å². The van der Waals surface area contributed by atoms with Crippen LogP contribution in [0.2, 0.25) is 0 Å². The zero-order chi connectivity index (χ0) is 24.1. The molecule has 2 fully saturated rings.